The van der Waals surface area contributed by atoms with E-state index in [1.165, 1.54) is 60.7 Å². The number of carbonyl (C=O) groups is 4. The van der Waals surface area contributed by atoms with Gasteiger partial charge in [-0.3, -0.25) is 0 Å². The molecule has 0 saturated carbocycles. The van der Waals surface area contributed by atoms with Crippen LogP contribution in [0.1, 0.15) is 45.2 Å². The van der Waals surface area contributed by atoms with Crippen LogP contribution in [0.5, 0.6) is 5.75 Å². The van der Waals surface area contributed by atoms with Gasteiger partial charge in [0.25, 0.3) is 0 Å². The summed E-state index contributed by atoms with van der Waals surface area (Å²) in [5, 5.41) is 21.9. The molecule has 47 heavy (non-hydrogen) atoms. The molecular formula is C36H34FNO9. The molecule has 244 valence electrons. The topological polar surface area (TPSA) is 148 Å². The quantitative estimate of drug-likeness (QED) is 0.178. The van der Waals surface area contributed by atoms with E-state index in [0.29, 0.717) is 11.7 Å². The van der Waals surface area contributed by atoms with Crippen molar-refractivity contribution in [1.29, 1.82) is 0 Å². The molecular weight excluding hydrogens is 609 g/mol. The van der Waals surface area contributed by atoms with E-state index >= 15 is 0 Å². The number of halogens is 1. The number of carboxylic acid groups (broad SMARTS) is 2. The van der Waals surface area contributed by atoms with Crippen LogP contribution in [0.2, 0.25) is 0 Å². The van der Waals surface area contributed by atoms with Gasteiger partial charge in [0.05, 0.1) is 11.1 Å². The number of hydrogen-bond acceptors (Lipinski definition) is 8. The highest BCUT2D eigenvalue weighted by Gasteiger charge is 2.41. The minimum Gasteiger partial charge on any atom is -0.485 e. The zero-order chi connectivity index (χ0) is 33.6. The number of hydrogen-bond donors (Lipinski definition) is 3. The Morgan fingerprint density at radius 2 is 1.13 bits per heavy atom. The van der Waals surface area contributed by atoms with E-state index in [1.54, 1.807) is 18.2 Å². The largest absolute Gasteiger partial charge is 0.485 e. The molecule has 1 saturated heterocycles. The Labute approximate surface area is 270 Å². The fraction of sp³-hybridized carbons (Fsp3) is 0.222. The highest BCUT2D eigenvalue weighted by molar-refractivity contribution is 5.95. The maximum absolute atomic E-state index is 13.4. The molecule has 4 aromatic rings. The maximum atomic E-state index is 13.4. The number of benzene rings is 4. The molecule has 0 amide bonds. The summed E-state index contributed by atoms with van der Waals surface area (Å²) in [6.45, 7) is 2.03. The van der Waals surface area contributed by atoms with E-state index in [4.69, 9.17) is 14.2 Å². The number of esters is 2. The average Bonchev–Trinajstić information content (AvgIpc) is 3.10. The molecule has 0 aliphatic carbocycles. The zero-order valence-corrected chi connectivity index (χ0v) is 25.2. The molecule has 11 heteroatoms. The Kier molecular flexibility index (Phi) is 12.6. The number of aliphatic carboxylic acids is 2. The normalized spacial score (nSPS) is 14.7. The van der Waals surface area contributed by atoms with Gasteiger partial charge >= 0.3 is 23.9 Å². The van der Waals surface area contributed by atoms with Crippen molar-refractivity contribution in [1.82, 2.24) is 5.32 Å². The van der Waals surface area contributed by atoms with Crippen molar-refractivity contribution >= 4 is 23.9 Å². The van der Waals surface area contributed by atoms with Crippen molar-refractivity contribution < 1.29 is 48.0 Å². The molecule has 5 rings (SSSR count). The molecule has 0 radical (unpaired) electrons. The Morgan fingerprint density at radius 3 is 1.57 bits per heavy atom. The van der Waals surface area contributed by atoms with E-state index in [1.807, 2.05) is 24.3 Å². The van der Waals surface area contributed by atoms with Crippen LogP contribution in [0.15, 0.2) is 115 Å². The minimum atomic E-state index is -2.21. The second-order valence-corrected chi connectivity index (χ2v) is 10.6. The lowest BCUT2D eigenvalue weighted by Crippen LogP contribution is -2.45. The van der Waals surface area contributed by atoms with Crippen LogP contribution >= 0.6 is 0 Å². The van der Waals surface area contributed by atoms with Crippen molar-refractivity contribution in [2.75, 3.05) is 13.1 Å². The summed E-state index contributed by atoms with van der Waals surface area (Å²) in [4.78, 5) is 46.8. The van der Waals surface area contributed by atoms with Crippen LogP contribution in [0.4, 0.5) is 4.39 Å². The van der Waals surface area contributed by atoms with Crippen LogP contribution in [-0.4, -0.2) is 59.4 Å². The molecule has 1 fully saturated rings. The Morgan fingerprint density at radius 1 is 0.660 bits per heavy atom. The predicted octanol–water partition coefficient (Wildman–Crippen LogP) is 5.55. The van der Waals surface area contributed by atoms with E-state index in [9.17, 15) is 33.8 Å². The van der Waals surface area contributed by atoms with E-state index in [-0.39, 0.29) is 23.0 Å². The van der Waals surface area contributed by atoms with Crippen LogP contribution in [0, 0.1) is 11.7 Å². The first kappa shape index (κ1) is 34.3. The molecule has 10 nitrogen and oxygen atoms in total. The summed E-state index contributed by atoms with van der Waals surface area (Å²) in [5.74, 6) is -4.84. The van der Waals surface area contributed by atoms with Crippen LogP contribution in [0.25, 0.3) is 0 Å². The predicted molar refractivity (Wildman–Crippen MR) is 168 cm³/mol. The minimum absolute atomic E-state index is 0.0184. The lowest BCUT2D eigenvalue weighted by Gasteiger charge is -2.31. The Balaban J connectivity index is 0.000000217. The first-order valence-electron chi connectivity index (χ1n) is 14.9. The highest BCUT2D eigenvalue weighted by atomic mass is 19.1. The van der Waals surface area contributed by atoms with Gasteiger partial charge in [0.15, 0.2) is 0 Å². The van der Waals surface area contributed by atoms with Crippen molar-refractivity contribution in [2.45, 2.75) is 31.2 Å². The van der Waals surface area contributed by atoms with Crippen LogP contribution in [0.3, 0.4) is 0 Å². The lowest BCUT2D eigenvalue weighted by molar-refractivity contribution is -0.166. The second-order valence-electron chi connectivity index (χ2n) is 10.6. The van der Waals surface area contributed by atoms with Gasteiger partial charge in [-0.05, 0) is 67.9 Å². The SMILES string of the molecule is Fc1cccc(O[C@H](c2ccccc2)C2CCNCC2)c1.O=C(O[C@@H](C(=O)O)[C@@H](OC(=O)c1ccccc1)C(=O)O)c1ccccc1. The van der Waals surface area contributed by atoms with Gasteiger partial charge in [0.2, 0.25) is 12.2 Å². The number of carbonyl (C=O) groups excluding carboxylic acids is 2. The molecule has 1 aliphatic heterocycles. The molecule has 4 aromatic carbocycles. The third-order valence-corrected chi connectivity index (χ3v) is 7.25. The molecule has 0 aromatic heterocycles. The van der Waals surface area contributed by atoms with E-state index < -0.39 is 36.1 Å². The molecule has 1 heterocycles. The lowest BCUT2D eigenvalue weighted by atomic mass is 9.88. The average molecular weight is 644 g/mol. The standard InChI is InChI=1S/C18H20FNO.C18H14O8/c19-16-7-4-8-17(13-16)21-18(14-5-2-1-3-6-14)15-9-11-20-12-10-15;19-15(20)13(25-17(23)11-7-3-1-4-8-11)14(16(21)22)26-18(24)12-9-5-2-6-10-12/h1-8,13,15,18,20H,9-12H2;1-10,13-14H,(H,19,20)(H,21,22)/t18-;13-,14-/m11/s1. The second kappa shape index (κ2) is 17.2. The molecule has 0 spiro atoms. The van der Waals surface area contributed by atoms with Gasteiger partial charge in [-0.25, -0.2) is 23.6 Å². The van der Waals surface area contributed by atoms with Crippen LogP contribution < -0.4 is 10.1 Å². The molecule has 0 bridgehead atoms. The number of nitrogens with one attached hydrogen (secondary N) is 1. The zero-order valence-electron chi connectivity index (χ0n) is 25.2. The summed E-state index contributed by atoms with van der Waals surface area (Å²) >= 11 is 0. The summed E-state index contributed by atoms with van der Waals surface area (Å²) in [6.07, 6.45) is -2.29. The fourth-order valence-electron chi connectivity index (χ4n) is 4.91. The summed E-state index contributed by atoms with van der Waals surface area (Å²) in [7, 11) is 0. The van der Waals surface area contributed by atoms with Gasteiger partial charge in [-0.1, -0.05) is 72.8 Å². The third-order valence-electron chi connectivity index (χ3n) is 7.25. The molecule has 1 aliphatic rings. The number of carboxylic acids is 2. The monoisotopic (exact) mass is 643 g/mol. The number of piperidine rings is 1. The Bertz CT molecular complexity index is 1540. The first-order valence-corrected chi connectivity index (χ1v) is 14.9. The van der Waals surface area contributed by atoms with Gasteiger partial charge in [-0.2, -0.15) is 0 Å². The molecule has 3 N–H and O–H groups in total. The third kappa shape index (κ3) is 10.2. The molecule has 3 atom stereocenters. The summed E-state index contributed by atoms with van der Waals surface area (Å²) in [5.41, 5.74) is 1.21. The van der Waals surface area contributed by atoms with Gasteiger partial charge in [0, 0.05) is 12.0 Å². The van der Waals surface area contributed by atoms with Crippen molar-refractivity contribution in [3.63, 3.8) is 0 Å². The fourth-order valence-corrected chi connectivity index (χ4v) is 4.91. The Hall–Kier alpha value is -5.55. The van der Waals surface area contributed by atoms with Crippen molar-refractivity contribution in [3.05, 3.63) is 138 Å². The smallest absolute Gasteiger partial charge is 0.349 e. The summed E-state index contributed by atoms with van der Waals surface area (Å²) < 4.78 is 29.0. The number of rotatable bonds is 11. The van der Waals surface area contributed by atoms with Crippen LogP contribution in [-0.2, 0) is 19.1 Å². The van der Waals surface area contributed by atoms with E-state index in [2.05, 4.69) is 17.4 Å². The first-order chi connectivity index (χ1) is 22.7. The number of ether oxygens (including phenoxy) is 3. The van der Waals surface area contributed by atoms with Gasteiger partial charge in [-0.15, -0.1) is 0 Å². The summed E-state index contributed by atoms with van der Waals surface area (Å²) in [6, 6.07) is 31.5. The molecule has 0 unspecified atom stereocenters. The van der Waals surface area contributed by atoms with E-state index in [0.717, 1.165) is 31.5 Å². The van der Waals surface area contributed by atoms with Gasteiger partial charge < -0.3 is 29.7 Å². The highest BCUT2D eigenvalue weighted by Crippen LogP contribution is 2.33. The van der Waals surface area contributed by atoms with Gasteiger partial charge in [0.1, 0.15) is 17.7 Å². The maximum Gasteiger partial charge on any atom is 0.349 e. The van der Waals surface area contributed by atoms with Crippen molar-refractivity contribution in [2.24, 2.45) is 5.92 Å². The van der Waals surface area contributed by atoms with Crippen molar-refractivity contribution in [3.8, 4) is 5.75 Å².